The number of benzene rings is 2. The monoisotopic (exact) mass is 698 g/mol. The van der Waals surface area contributed by atoms with E-state index in [1.807, 2.05) is 0 Å². The van der Waals surface area contributed by atoms with E-state index in [0.29, 0.717) is 23.8 Å². The summed E-state index contributed by atoms with van der Waals surface area (Å²) in [5, 5.41) is 66.8. The molecule has 7 rings (SSSR count). The van der Waals surface area contributed by atoms with Gasteiger partial charge in [0.2, 0.25) is 0 Å². The van der Waals surface area contributed by atoms with E-state index in [4.69, 9.17) is 23.7 Å². The Kier molecular flexibility index (Phi) is 9.36. The van der Waals surface area contributed by atoms with Gasteiger partial charge >= 0.3 is 0 Å². The van der Waals surface area contributed by atoms with Crippen LogP contribution in [-0.4, -0.2) is 109 Å². The highest BCUT2D eigenvalue weighted by molar-refractivity contribution is 6.13. The Labute approximate surface area is 289 Å². The van der Waals surface area contributed by atoms with Gasteiger partial charge < -0.3 is 54.3 Å². The van der Waals surface area contributed by atoms with E-state index in [1.165, 1.54) is 6.08 Å². The molecule has 0 amide bonds. The number of ether oxygens (including phenoxy) is 5. The minimum atomic E-state index is -1.59. The SMILES string of the molecule is CC1=CC(=O)[C@@H]2c3cc4ccc([C@H]5C[C@@H](O)[C@H](O[C@H]6C[C@@H](O[C@H]7CC[C@H](O)[C@H](C)O7)[C@H](O)[C@@H](C)O6)[C@@H](C)O5)c(O)c4c(O)c3C(=O)C[C@]2(O)C1. The molecule has 13 heteroatoms. The molecular weight excluding hydrogens is 652 g/mol. The second-order valence-corrected chi connectivity index (χ2v) is 14.8. The molecule has 0 radical (unpaired) electrons. The molecule has 50 heavy (non-hydrogen) atoms. The number of phenols is 2. The molecule has 3 heterocycles. The molecule has 3 saturated heterocycles. The number of rotatable bonds is 5. The number of phenolic OH excluding ortho intramolecular Hbond substituents is 2. The lowest BCUT2D eigenvalue weighted by molar-refractivity contribution is -0.318. The lowest BCUT2D eigenvalue weighted by atomic mass is 9.64. The maximum Gasteiger partial charge on any atom is 0.169 e. The largest absolute Gasteiger partial charge is 0.507 e. The van der Waals surface area contributed by atoms with Gasteiger partial charge in [-0.25, -0.2) is 0 Å². The molecule has 2 aromatic rings. The summed E-state index contributed by atoms with van der Waals surface area (Å²) < 4.78 is 30.3. The van der Waals surface area contributed by atoms with Crippen LogP contribution in [0.3, 0.4) is 0 Å². The van der Waals surface area contributed by atoms with Gasteiger partial charge in [-0.2, -0.15) is 0 Å². The predicted molar refractivity (Wildman–Crippen MR) is 175 cm³/mol. The first-order valence-corrected chi connectivity index (χ1v) is 17.4. The Balaban J connectivity index is 1.08. The molecule has 0 bridgehead atoms. The van der Waals surface area contributed by atoms with Gasteiger partial charge in [0.1, 0.15) is 23.7 Å². The molecule has 13 nitrogen and oxygen atoms in total. The summed E-state index contributed by atoms with van der Waals surface area (Å²) >= 11 is 0. The third-order valence-electron chi connectivity index (χ3n) is 11.1. The highest BCUT2D eigenvalue weighted by Gasteiger charge is 2.52. The van der Waals surface area contributed by atoms with Gasteiger partial charge in [0, 0.05) is 31.2 Å². The summed E-state index contributed by atoms with van der Waals surface area (Å²) in [7, 11) is 0. The Morgan fingerprint density at radius 2 is 1.56 bits per heavy atom. The van der Waals surface area contributed by atoms with Crippen LogP contribution in [0.4, 0.5) is 0 Å². The van der Waals surface area contributed by atoms with Crippen molar-refractivity contribution in [1.29, 1.82) is 0 Å². The van der Waals surface area contributed by atoms with Crippen LogP contribution in [0, 0.1) is 0 Å². The minimum absolute atomic E-state index is 0.0131. The van der Waals surface area contributed by atoms with Crippen LogP contribution >= 0.6 is 0 Å². The van der Waals surface area contributed by atoms with Crippen molar-refractivity contribution >= 4 is 22.3 Å². The van der Waals surface area contributed by atoms with Crippen molar-refractivity contribution in [3.63, 3.8) is 0 Å². The number of hydrogen-bond donors (Lipinski definition) is 6. The molecule has 13 atom stereocenters. The minimum Gasteiger partial charge on any atom is -0.507 e. The van der Waals surface area contributed by atoms with Crippen LogP contribution in [0.5, 0.6) is 11.5 Å². The quantitative estimate of drug-likeness (QED) is 0.267. The fourth-order valence-electron chi connectivity index (χ4n) is 8.58. The molecule has 0 unspecified atom stereocenters. The Hall–Kier alpha value is -2.98. The second kappa shape index (κ2) is 13.2. The molecular formula is C37H46O13. The van der Waals surface area contributed by atoms with Crippen molar-refractivity contribution < 1.29 is 63.9 Å². The van der Waals surface area contributed by atoms with E-state index in [-0.39, 0.29) is 59.3 Å². The van der Waals surface area contributed by atoms with E-state index in [0.717, 1.165) is 0 Å². The molecule has 5 aliphatic rings. The zero-order valence-corrected chi connectivity index (χ0v) is 28.5. The molecule has 0 saturated carbocycles. The van der Waals surface area contributed by atoms with Crippen molar-refractivity contribution in [2.45, 2.75) is 145 Å². The van der Waals surface area contributed by atoms with E-state index < -0.39 is 90.6 Å². The van der Waals surface area contributed by atoms with Gasteiger partial charge in [0.25, 0.3) is 0 Å². The van der Waals surface area contributed by atoms with Crippen molar-refractivity contribution in [1.82, 2.24) is 0 Å². The number of aliphatic hydroxyl groups is 4. The summed E-state index contributed by atoms with van der Waals surface area (Å²) in [5.74, 6) is -2.69. The van der Waals surface area contributed by atoms with Crippen molar-refractivity contribution in [2.24, 2.45) is 0 Å². The number of aliphatic hydroxyl groups excluding tert-OH is 3. The zero-order chi connectivity index (χ0) is 35.8. The summed E-state index contributed by atoms with van der Waals surface area (Å²) in [6, 6.07) is 4.82. The third kappa shape index (κ3) is 6.16. The summed E-state index contributed by atoms with van der Waals surface area (Å²) in [4.78, 5) is 26.4. The van der Waals surface area contributed by atoms with Gasteiger partial charge in [-0.1, -0.05) is 17.7 Å². The Morgan fingerprint density at radius 1 is 0.820 bits per heavy atom. The number of Topliss-reactive ketones (excluding diaryl/α,β-unsaturated/α-hetero) is 1. The molecule has 6 N–H and O–H groups in total. The van der Waals surface area contributed by atoms with Crippen molar-refractivity contribution in [3.8, 4) is 11.5 Å². The maximum absolute atomic E-state index is 13.3. The number of carbonyl (C=O) groups is 2. The van der Waals surface area contributed by atoms with Gasteiger partial charge in [0.15, 0.2) is 24.1 Å². The summed E-state index contributed by atoms with van der Waals surface area (Å²) in [6.07, 6.45) is -5.60. The molecule has 0 aromatic heterocycles. The van der Waals surface area contributed by atoms with Gasteiger partial charge in [-0.05, 0) is 63.6 Å². The average Bonchev–Trinajstić information content (AvgIpc) is 3.02. The molecule has 2 aliphatic carbocycles. The van der Waals surface area contributed by atoms with Crippen LogP contribution < -0.4 is 0 Å². The van der Waals surface area contributed by atoms with E-state index in [9.17, 15) is 40.2 Å². The van der Waals surface area contributed by atoms with Crippen LogP contribution in [0.25, 0.3) is 10.8 Å². The molecule has 3 aliphatic heterocycles. The summed E-state index contributed by atoms with van der Waals surface area (Å²) in [5.41, 5.74) is -0.497. The Bertz CT molecular complexity index is 1690. The van der Waals surface area contributed by atoms with Crippen LogP contribution in [0.2, 0.25) is 0 Å². The van der Waals surface area contributed by atoms with Gasteiger partial charge in [-0.15, -0.1) is 0 Å². The van der Waals surface area contributed by atoms with Crippen molar-refractivity contribution in [2.75, 3.05) is 0 Å². The van der Waals surface area contributed by atoms with E-state index >= 15 is 0 Å². The standard InChI is InChI=1S/C37H46O13/c1-15-9-23(39)32-21-10-19-5-6-20(34(43)30(19)35(44)31(21)25(41)14-37(32,45)13-15)26-11-24(40)36(18(4)46-26)50-29-12-27(33(42)17(3)48-29)49-28-8-7-22(38)16(2)47-28/h5-6,9-10,16-18,22,24,26-29,32-33,36,38,40,42-45H,7-8,11-14H2,1-4H3/t16-,17+,18+,22-,24+,26+,27+,28-,29-,32-,33+,36+,37+/m0/s1. The van der Waals surface area contributed by atoms with Gasteiger partial charge in [0.05, 0.1) is 65.2 Å². The number of fused-ring (bicyclic) bond motifs is 4. The number of aromatic hydroxyl groups is 2. The fourth-order valence-corrected chi connectivity index (χ4v) is 8.58. The highest BCUT2D eigenvalue weighted by atomic mass is 16.7. The first kappa shape index (κ1) is 35.4. The number of ketones is 2. The average molecular weight is 699 g/mol. The predicted octanol–water partition coefficient (Wildman–Crippen LogP) is 2.93. The Morgan fingerprint density at radius 3 is 2.28 bits per heavy atom. The first-order valence-electron chi connectivity index (χ1n) is 17.4. The smallest absolute Gasteiger partial charge is 0.169 e. The summed E-state index contributed by atoms with van der Waals surface area (Å²) in [6.45, 7) is 6.92. The molecule has 0 spiro atoms. The fraction of sp³-hybridized carbons (Fsp3) is 0.622. The molecule has 272 valence electrons. The number of allylic oxidation sites excluding steroid dienone is 1. The third-order valence-corrected chi connectivity index (χ3v) is 11.1. The zero-order valence-electron chi connectivity index (χ0n) is 28.5. The highest BCUT2D eigenvalue weighted by Crippen LogP contribution is 2.52. The van der Waals surface area contributed by atoms with Crippen LogP contribution in [-0.2, 0) is 28.5 Å². The second-order valence-electron chi connectivity index (χ2n) is 14.8. The topological polar surface area (TPSA) is 202 Å². The number of hydrogen-bond acceptors (Lipinski definition) is 13. The van der Waals surface area contributed by atoms with Crippen LogP contribution in [0.15, 0.2) is 29.8 Å². The first-order chi connectivity index (χ1) is 23.6. The normalized spacial score (nSPS) is 40.7. The molecule has 2 aromatic carbocycles. The van der Waals surface area contributed by atoms with E-state index in [1.54, 1.807) is 45.9 Å². The van der Waals surface area contributed by atoms with E-state index in [2.05, 4.69) is 0 Å². The lowest BCUT2D eigenvalue weighted by Crippen LogP contribution is -2.54. The van der Waals surface area contributed by atoms with Gasteiger partial charge in [-0.3, -0.25) is 9.59 Å². The van der Waals surface area contributed by atoms with Crippen molar-refractivity contribution in [3.05, 3.63) is 46.5 Å². The maximum atomic E-state index is 13.3. The number of carbonyl (C=O) groups excluding carboxylic acids is 2. The lowest BCUT2D eigenvalue weighted by Gasteiger charge is -2.44. The van der Waals surface area contributed by atoms with Crippen LogP contribution in [0.1, 0.15) is 99.7 Å². The molecule has 3 fully saturated rings.